The van der Waals surface area contributed by atoms with E-state index in [1.54, 1.807) is 26.4 Å². The molecule has 0 aliphatic carbocycles. The molecule has 0 bridgehead atoms. The summed E-state index contributed by atoms with van der Waals surface area (Å²) in [4.78, 5) is 17.0. The van der Waals surface area contributed by atoms with Crippen molar-refractivity contribution in [1.29, 1.82) is 0 Å². The highest BCUT2D eigenvalue weighted by atomic mass is 32.1. The van der Waals surface area contributed by atoms with Crippen LogP contribution in [0.3, 0.4) is 0 Å². The first-order chi connectivity index (χ1) is 13.1. The molecule has 1 aromatic heterocycles. The Morgan fingerprint density at radius 1 is 1.15 bits per heavy atom. The first-order valence-corrected chi connectivity index (χ1v) is 9.48. The predicted molar refractivity (Wildman–Crippen MR) is 109 cm³/mol. The Bertz CT molecular complexity index is 919. The molecule has 0 unspecified atom stereocenters. The summed E-state index contributed by atoms with van der Waals surface area (Å²) in [6, 6.07) is 13.6. The zero-order valence-electron chi connectivity index (χ0n) is 15.6. The summed E-state index contributed by atoms with van der Waals surface area (Å²) < 4.78 is 10.4. The maximum absolute atomic E-state index is 12.5. The number of aromatic nitrogens is 1. The quantitative estimate of drug-likeness (QED) is 0.650. The van der Waals surface area contributed by atoms with Crippen LogP contribution in [0.5, 0.6) is 5.75 Å². The summed E-state index contributed by atoms with van der Waals surface area (Å²) in [6.45, 7) is 2.64. The Balaban J connectivity index is 1.69. The summed E-state index contributed by atoms with van der Waals surface area (Å²) in [5, 5.41) is 5.36. The van der Waals surface area contributed by atoms with Crippen LogP contribution < -0.4 is 10.1 Å². The van der Waals surface area contributed by atoms with Gasteiger partial charge in [0, 0.05) is 23.6 Å². The van der Waals surface area contributed by atoms with E-state index < -0.39 is 0 Å². The van der Waals surface area contributed by atoms with Crippen LogP contribution in [0.1, 0.15) is 21.5 Å². The van der Waals surface area contributed by atoms with E-state index in [0.717, 1.165) is 23.2 Å². The Kier molecular flexibility index (Phi) is 6.21. The van der Waals surface area contributed by atoms with E-state index in [1.807, 2.05) is 30.5 Å². The number of benzene rings is 2. The van der Waals surface area contributed by atoms with Crippen molar-refractivity contribution in [3.63, 3.8) is 0 Å². The lowest BCUT2D eigenvalue weighted by Gasteiger charge is -2.07. The molecule has 1 amide bonds. The number of nitrogens with one attached hydrogen (secondary N) is 1. The maximum atomic E-state index is 12.5. The second-order valence-electron chi connectivity index (χ2n) is 6.12. The largest absolute Gasteiger partial charge is 0.496 e. The molecule has 3 rings (SSSR count). The van der Waals surface area contributed by atoms with Crippen LogP contribution >= 0.6 is 11.3 Å². The maximum Gasteiger partial charge on any atom is 0.257 e. The van der Waals surface area contributed by atoms with Crippen LogP contribution in [0.15, 0.2) is 47.8 Å². The second kappa shape index (κ2) is 8.79. The molecule has 27 heavy (non-hydrogen) atoms. The monoisotopic (exact) mass is 382 g/mol. The van der Waals surface area contributed by atoms with Crippen molar-refractivity contribution in [3.8, 4) is 17.0 Å². The van der Waals surface area contributed by atoms with E-state index in [9.17, 15) is 4.79 Å². The van der Waals surface area contributed by atoms with Crippen LogP contribution in [0.25, 0.3) is 11.3 Å². The molecule has 2 aromatic carbocycles. The average Bonchev–Trinajstić information content (AvgIpc) is 3.15. The van der Waals surface area contributed by atoms with Crippen LogP contribution in [0, 0.1) is 6.92 Å². The Labute approximate surface area is 163 Å². The van der Waals surface area contributed by atoms with Gasteiger partial charge in [0.15, 0.2) is 5.13 Å². The molecule has 0 aliphatic heterocycles. The van der Waals surface area contributed by atoms with E-state index >= 15 is 0 Å². The minimum Gasteiger partial charge on any atom is -0.496 e. The van der Waals surface area contributed by atoms with Crippen molar-refractivity contribution >= 4 is 22.4 Å². The Hall–Kier alpha value is -2.70. The van der Waals surface area contributed by atoms with Crippen LogP contribution in [0.4, 0.5) is 5.13 Å². The van der Waals surface area contributed by atoms with E-state index in [-0.39, 0.29) is 5.91 Å². The lowest BCUT2D eigenvalue weighted by molar-refractivity contribution is 0.102. The van der Waals surface area contributed by atoms with Gasteiger partial charge in [0.05, 0.1) is 19.4 Å². The molecule has 0 fully saturated rings. The van der Waals surface area contributed by atoms with Gasteiger partial charge in [-0.25, -0.2) is 4.98 Å². The molecule has 0 radical (unpaired) electrons. The standard InChI is InChI=1S/C21H22N2O3S/c1-14-4-7-17(12-19(14)26-3)20(24)23-21-22-18(13-27-21)16-8-5-15(6-9-16)10-11-25-2/h4-9,12-13H,10-11H2,1-3H3,(H,22,23,24). The molecule has 0 saturated heterocycles. The van der Waals surface area contributed by atoms with Crippen LogP contribution in [-0.2, 0) is 11.2 Å². The number of amides is 1. The topological polar surface area (TPSA) is 60.5 Å². The SMILES string of the molecule is COCCc1ccc(-c2csc(NC(=O)c3ccc(C)c(OC)c3)n2)cc1. The third-order valence-electron chi connectivity index (χ3n) is 4.24. The number of rotatable bonds is 7. The van der Waals surface area contributed by atoms with Gasteiger partial charge in [0.1, 0.15) is 5.75 Å². The fourth-order valence-corrected chi connectivity index (χ4v) is 3.37. The van der Waals surface area contributed by atoms with Gasteiger partial charge in [-0.1, -0.05) is 30.3 Å². The molecular weight excluding hydrogens is 360 g/mol. The van der Waals surface area contributed by atoms with E-state index in [2.05, 4.69) is 22.4 Å². The number of hydrogen-bond acceptors (Lipinski definition) is 5. The number of carbonyl (C=O) groups excluding carboxylic acids is 1. The smallest absolute Gasteiger partial charge is 0.257 e. The van der Waals surface area contributed by atoms with Crippen molar-refractivity contribution in [2.75, 3.05) is 26.1 Å². The fourth-order valence-electron chi connectivity index (χ4n) is 2.66. The van der Waals surface area contributed by atoms with Crippen molar-refractivity contribution < 1.29 is 14.3 Å². The van der Waals surface area contributed by atoms with Gasteiger partial charge in [-0.3, -0.25) is 10.1 Å². The van der Waals surface area contributed by atoms with Gasteiger partial charge in [0.2, 0.25) is 0 Å². The first kappa shape index (κ1) is 19.1. The Morgan fingerprint density at radius 2 is 1.93 bits per heavy atom. The number of nitrogens with zero attached hydrogens (tertiary/aromatic N) is 1. The minimum absolute atomic E-state index is 0.205. The van der Waals surface area contributed by atoms with Crippen molar-refractivity contribution in [3.05, 3.63) is 64.5 Å². The number of carbonyl (C=O) groups is 1. The Morgan fingerprint density at radius 3 is 2.63 bits per heavy atom. The molecule has 1 N–H and O–H groups in total. The number of aryl methyl sites for hydroxylation is 1. The highest BCUT2D eigenvalue weighted by Gasteiger charge is 2.12. The van der Waals surface area contributed by atoms with Crippen molar-refractivity contribution in [2.24, 2.45) is 0 Å². The van der Waals surface area contributed by atoms with Gasteiger partial charge in [-0.2, -0.15) is 0 Å². The number of thiazole rings is 1. The molecule has 140 valence electrons. The number of ether oxygens (including phenoxy) is 2. The molecule has 3 aromatic rings. The molecular formula is C21H22N2O3S. The second-order valence-corrected chi connectivity index (χ2v) is 6.97. The molecule has 1 heterocycles. The van der Waals surface area contributed by atoms with Gasteiger partial charge in [0.25, 0.3) is 5.91 Å². The van der Waals surface area contributed by atoms with E-state index in [4.69, 9.17) is 9.47 Å². The number of methoxy groups -OCH3 is 2. The lowest BCUT2D eigenvalue weighted by Crippen LogP contribution is -2.12. The summed E-state index contributed by atoms with van der Waals surface area (Å²) in [7, 11) is 3.30. The first-order valence-electron chi connectivity index (χ1n) is 8.60. The minimum atomic E-state index is -0.205. The molecule has 0 atom stereocenters. The van der Waals surface area contributed by atoms with Gasteiger partial charge >= 0.3 is 0 Å². The number of anilines is 1. The fraction of sp³-hybridized carbons (Fsp3) is 0.238. The zero-order chi connectivity index (χ0) is 19.2. The molecule has 6 heteroatoms. The normalized spacial score (nSPS) is 10.6. The predicted octanol–water partition coefficient (Wildman–Crippen LogP) is 4.57. The van der Waals surface area contributed by atoms with Crippen molar-refractivity contribution in [1.82, 2.24) is 4.98 Å². The third-order valence-corrected chi connectivity index (χ3v) is 5.00. The molecule has 5 nitrogen and oxygen atoms in total. The summed E-state index contributed by atoms with van der Waals surface area (Å²) in [5.41, 5.74) is 4.61. The average molecular weight is 382 g/mol. The highest BCUT2D eigenvalue weighted by molar-refractivity contribution is 7.14. The summed E-state index contributed by atoms with van der Waals surface area (Å²) in [6.07, 6.45) is 0.884. The molecule has 0 saturated carbocycles. The summed E-state index contributed by atoms with van der Waals surface area (Å²) >= 11 is 1.40. The highest BCUT2D eigenvalue weighted by Crippen LogP contribution is 2.26. The molecule has 0 aliphatic rings. The van der Waals surface area contributed by atoms with Gasteiger partial charge in [-0.05, 0) is 36.6 Å². The van der Waals surface area contributed by atoms with Gasteiger partial charge < -0.3 is 9.47 Å². The third kappa shape index (κ3) is 4.72. The lowest BCUT2D eigenvalue weighted by atomic mass is 10.1. The molecule has 0 spiro atoms. The zero-order valence-corrected chi connectivity index (χ0v) is 16.4. The van der Waals surface area contributed by atoms with Crippen LogP contribution in [0.2, 0.25) is 0 Å². The summed E-state index contributed by atoms with van der Waals surface area (Å²) in [5.74, 6) is 0.486. The van der Waals surface area contributed by atoms with Crippen molar-refractivity contribution in [2.45, 2.75) is 13.3 Å². The van der Waals surface area contributed by atoms with Gasteiger partial charge in [-0.15, -0.1) is 11.3 Å². The van der Waals surface area contributed by atoms with E-state index in [1.165, 1.54) is 16.9 Å². The number of hydrogen-bond donors (Lipinski definition) is 1. The van der Waals surface area contributed by atoms with Crippen LogP contribution in [-0.4, -0.2) is 31.7 Å². The van der Waals surface area contributed by atoms with E-state index in [0.29, 0.717) is 23.1 Å².